The van der Waals surface area contributed by atoms with Crippen LogP contribution in [0, 0.1) is 62.3 Å². The fourth-order valence-electron chi connectivity index (χ4n) is 3.57. The van der Waals surface area contributed by atoms with Crippen LogP contribution in [0.15, 0.2) is 121 Å². The smallest absolute Gasteiger partial charge is 2.00 e. The van der Waals surface area contributed by atoms with E-state index in [1.54, 1.807) is 78.9 Å². The van der Waals surface area contributed by atoms with Crippen molar-refractivity contribution >= 4 is 23.9 Å². The molecule has 20 nitrogen and oxygen atoms in total. The first kappa shape index (κ1) is 79.5. The monoisotopic (exact) mass is 1140 g/mol. The SMILES string of the molecule is CC#N.CN(C)CCN(C)CC[O-].CN(C)CCN(C)CC[O-].O=C([O-])c1ccccc1.O=C([O-])c1ccccc1.O=C([O-])c1ccccc1.O=C([O-])c1ccccc1.O=[N+]([O-])[O-].[Fe+5].[Fe+5].[La+3].[O-2]. The number of hydrogen-bond donors (Lipinski definition) is 0. The number of hydrogen-bond acceptors (Lipinski definition) is 18. The van der Waals surface area contributed by atoms with Crippen LogP contribution in [0.4, 0.5) is 0 Å². The van der Waals surface area contributed by atoms with E-state index in [2.05, 4.69) is 9.80 Å². The number of nitrogens with zero attached hydrogens (tertiary/aromatic N) is 6. The maximum Gasteiger partial charge on any atom is 5.00 e. The van der Waals surface area contributed by atoms with Gasteiger partial charge in [0.2, 0.25) is 0 Å². The van der Waals surface area contributed by atoms with Crippen molar-refractivity contribution in [1.29, 1.82) is 5.26 Å². The van der Waals surface area contributed by atoms with Gasteiger partial charge in [-0.2, -0.15) is 5.26 Å². The molecule has 0 heterocycles. The molecule has 0 bridgehead atoms. The summed E-state index contributed by atoms with van der Waals surface area (Å²) in [5.41, 5.74) is 0.880. The molecule has 67 heavy (non-hydrogen) atoms. The Bertz CT molecular complexity index is 1570. The summed E-state index contributed by atoms with van der Waals surface area (Å²) in [4.78, 5) is 56.9. The number of likely N-dealkylation sites (N-methyl/N-ethyl adjacent to an activating group) is 4. The minimum Gasteiger partial charge on any atom is -2.00 e. The predicted octanol–water partition coefficient (Wildman–Crippen LogP) is -1.95. The summed E-state index contributed by atoms with van der Waals surface area (Å²) in [5.74, 6) is -4.52. The van der Waals surface area contributed by atoms with Crippen molar-refractivity contribution in [2.75, 3.05) is 94.8 Å². The van der Waals surface area contributed by atoms with Crippen molar-refractivity contribution in [3.05, 3.63) is 159 Å². The number of aromatic carboxylic acids is 4. The molecule has 23 heteroatoms. The Hall–Kier alpha value is -4.60. The number of carboxylic acid groups (broad SMARTS) is 4. The van der Waals surface area contributed by atoms with Gasteiger partial charge in [0.1, 0.15) is 0 Å². The quantitative estimate of drug-likeness (QED) is 0.0752. The first-order valence-electron chi connectivity index (χ1n) is 18.7. The molecule has 2 radical (unpaired) electrons. The topological polar surface area (TPSA) is 338 Å². The molecule has 0 fully saturated rings. The maximum absolute atomic E-state index is 10.1. The van der Waals surface area contributed by atoms with Crippen LogP contribution in [-0.4, -0.2) is 143 Å². The Morgan fingerprint density at radius 3 is 0.746 bits per heavy atom. The zero-order valence-corrected chi connectivity index (χ0v) is 44.2. The van der Waals surface area contributed by atoms with Crippen molar-refractivity contribution in [2.45, 2.75) is 6.92 Å². The second-order valence-corrected chi connectivity index (χ2v) is 12.7. The Labute approximate surface area is 442 Å². The molecule has 0 N–H and O–H groups in total. The number of carbonyl (C=O) groups is 4. The fourth-order valence-corrected chi connectivity index (χ4v) is 3.57. The van der Waals surface area contributed by atoms with E-state index in [-0.39, 0.29) is 111 Å². The molecule has 0 spiro atoms. The molecule has 4 aromatic rings. The van der Waals surface area contributed by atoms with E-state index in [0.717, 1.165) is 26.2 Å². The van der Waals surface area contributed by atoms with Gasteiger partial charge in [0, 0.05) is 33.1 Å². The van der Waals surface area contributed by atoms with E-state index in [1.807, 2.05) is 52.1 Å². The van der Waals surface area contributed by atoms with Gasteiger partial charge in [-0.05, 0) is 77.6 Å². The zero-order valence-electron chi connectivity index (χ0n) is 38.4. The van der Waals surface area contributed by atoms with Crippen LogP contribution < -0.4 is 30.6 Å². The van der Waals surface area contributed by atoms with E-state index in [0.29, 0.717) is 13.1 Å². The Morgan fingerprint density at radius 2 is 0.642 bits per heavy atom. The van der Waals surface area contributed by atoms with Gasteiger partial charge in [-0.1, -0.05) is 121 Å². The first-order chi connectivity index (χ1) is 29.7. The van der Waals surface area contributed by atoms with E-state index in [1.165, 1.54) is 55.5 Å². The van der Waals surface area contributed by atoms with Crippen molar-refractivity contribution < 1.29 is 130 Å². The fraction of sp³-hybridized carbons (Fsp3) is 0.341. The number of carbonyl (C=O) groups excluding carboxylic acids is 4. The summed E-state index contributed by atoms with van der Waals surface area (Å²) >= 11 is 0. The molecule has 0 amide bonds. The van der Waals surface area contributed by atoms with Crippen LogP contribution in [0.5, 0.6) is 0 Å². The van der Waals surface area contributed by atoms with Crippen LogP contribution in [-0.2, 0) is 39.6 Å². The van der Waals surface area contributed by atoms with E-state index in [4.69, 9.17) is 20.6 Å². The van der Waals surface area contributed by atoms with Crippen LogP contribution in [0.2, 0.25) is 0 Å². The van der Waals surface area contributed by atoms with Gasteiger partial charge in [-0.25, -0.2) is 0 Å². The summed E-state index contributed by atoms with van der Waals surface area (Å²) in [5, 5.41) is 82.7. The minimum absolute atomic E-state index is 0. The Morgan fingerprint density at radius 1 is 0.478 bits per heavy atom. The molecule has 4 aromatic carbocycles. The average Bonchev–Trinajstić information content (AvgIpc) is 3.25. The normalized spacial score (nSPS) is 8.66. The zero-order chi connectivity index (χ0) is 49.0. The van der Waals surface area contributed by atoms with Crippen LogP contribution in [0.3, 0.4) is 0 Å². The first-order valence-corrected chi connectivity index (χ1v) is 18.7. The summed E-state index contributed by atoms with van der Waals surface area (Å²) < 4.78 is 0. The second kappa shape index (κ2) is 55.7. The Kier molecular flexibility index (Phi) is 66.1. The maximum atomic E-state index is 10.1. The molecule has 4 rings (SSSR count). The van der Waals surface area contributed by atoms with E-state index in [9.17, 15) is 49.8 Å². The number of rotatable bonds is 14. The molecular weight excluding hydrogens is 1090 g/mol. The largest absolute Gasteiger partial charge is 5.00 e. The van der Waals surface area contributed by atoms with Crippen molar-refractivity contribution in [3.63, 3.8) is 0 Å². The standard InChI is InChI=1S/2C7H17N2O.4C7H6O2.C2H3N.2Fe.La.NO3.O/c2*1-8(2)4-5-9(3)6-7-10;4*8-7(9)6-4-2-1-3-5-6;1-2-3;;;;2-1(3)4;/h2*4-7H2,1-3H3;4*1-5H,(H,8,9);1H3;;;;;/q2*-1;;;;;;2*+5;+3;-1;-2/p-4. The van der Waals surface area contributed by atoms with Gasteiger partial charge < -0.3 is 90.2 Å². The van der Waals surface area contributed by atoms with Crippen molar-refractivity contribution in [3.8, 4) is 6.07 Å². The molecule has 362 valence electrons. The number of carboxylic acids is 4. The molecule has 0 saturated heterocycles. The van der Waals surface area contributed by atoms with Gasteiger partial charge in [0.25, 0.3) is 0 Å². The molecule has 0 aliphatic heterocycles. The predicted molar refractivity (Wildman–Crippen MR) is 227 cm³/mol. The van der Waals surface area contributed by atoms with Gasteiger partial charge in [0.15, 0.2) is 0 Å². The summed E-state index contributed by atoms with van der Waals surface area (Å²) in [6.45, 7) is 6.77. The van der Waals surface area contributed by atoms with Crippen molar-refractivity contribution in [1.82, 2.24) is 19.6 Å². The molecule has 0 saturated carbocycles. The number of benzene rings is 4. The van der Waals surface area contributed by atoms with Gasteiger partial charge in [-0.15, -0.1) is 13.2 Å². The van der Waals surface area contributed by atoms with Gasteiger partial charge >= 0.3 is 69.7 Å². The third kappa shape index (κ3) is 61.4. The molecule has 0 aliphatic rings. The van der Waals surface area contributed by atoms with Crippen molar-refractivity contribution in [2.24, 2.45) is 0 Å². The summed E-state index contributed by atoms with van der Waals surface area (Å²) in [6.07, 6.45) is 0. The van der Waals surface area contributed by atoms with Crippen LogP contribution in [0.25, 0.3) is 0 Å². The van der Waals surface area contributed by atoms with E-state index >= 15 is 0 Å². The third-order valence-corrected chi connectivity index (χ3v) is 6.84. The molecule has 0 aliphatic carbocycles. The van der Waals surface area contributed by atoms with Crippen LogP contribution in [0.1, 0.15) is 48.4 Å². The minimum atomic E-state index is -1.75. The van der Waals surface area contributed by atoms with E-state index < -0.39 is 29.0 Å². The third-order valence-electron chi connectivity index (χ3n) is 6.84. The van der Waals surface area contributed by atoms with Gasteiger partial charge in [0.05, 0.1) is 35.0 Å². The van der Waals surface area contributed by atoms with Crippen LogP contribution >= 0.6 is 0 Å². The Balaban J connectivity index is -0.0000000998. The average molecular weight is 1140 g/mol. The molecule has 0 aromatic heterocycles. The molecular formula is C44H57Fe2LaN6O14+4. The van der Waals surface area contributed by atoms with Gasteiger partial charge in [-0.3, -0.25) is 0 Å². The molecule has 0 atom stereocenters. The summed E-state index contributed by atoms with van der Waals surface area (Å²) in [6, 6.07) is 34.0. The summed E-state index contributed by atoms with van der Waals surface area (Å²) in [7, 11) is 12.1. The number of nitriles is 1. The second-order valence-electron chi connectivity index (χ2n) is 12.7. The molecule has 0 unspecified atom stereocenters.